The number of aromatic nitrogens is 4. The van der Waals surface area contributed by atoms with Gasteiger partial charge in [0.15, 0.2) is 4.34 Å². The van der Waals surface area contributed by atoms with Crippen LogP contribution in [0.4, 0.5) is 5.13 Å². The first-order chi connectivity index (χ1) is 13.2. The molecule has 0 bridgehead atoms. The second-order valence-electron chi connectivity index (χ2n) is 5.94. The summed E-state index contributed by atoms with van der Waals surface area (Å²) in [6, 6.07) is 17.5. The van der Waals surface area contributed by atoms with Gasteiger partial charge in [-0.15, -0.1) is 10.2 Å². The Balaban J connectivity index is 1.45. The number of para-hydroxylation sites is 1. The monoisotopic (exact) mass is 395 g/mol. The number of fused-ring (bicyclic) bond motifs is 1. The Bertz CT molecular complexity index is 1110. The van der Waals surface area contributed by atoms with E-state index < -0.39 is 0 Å². The molecule has 8 heteroatoms. The molecular formula is C19H17N5OS2. The van der Waals surface area contributed by atoms with Crippen molar-refractivity contribution >= 4 is 39.1 Å². The largest absolute Gasteiger partial charge is 0.356 e. The zero-order chi connectivity index (χ0) is 18.6. The Morgan fingerprint density at radius 1 is 1.11 bits per heavy atom. The van der Waals surface area contributed by atoms with Crippen LogP contribution in [0.2, 0.25) is 0 Å². The van der Waals surface area contributed by atoms with Crippen LogP contribution in [0.25, 0.3) is 10.9 Å². The molecule has 0 saturated carbocycles. The van der Waals surface area contributed by atoms with Gasteiger partial charge in [0.2, 0.25) is 5.13 Å². The van der Waals surface area contributed by atoms with E-state index in [0.717, 1.165) is 9.47 Å². The minimum atomic E-state index is -0.120. The first-order valence-corrected chi connectivity index (χ1v) is 10.2. The number of thioether (sulfide) groups is 1. The van der Waals surface area contributed by atoms with E-state index >= 15 is 0 Å². The molecule has 0 saturated heterocycles. The molecule has 4 aromatic rings. The van der Waals surface area contributed by atoms with Gasteiger partial charge in [0.1, 0.15) is 5.82 Å². The molecule has 6 nitrogen and oxygen atoms in total. The van der Waals surface area contributed by atoms with Gasteiger partial charge in [-0.3, -0.25) is 4.79 Å². The molecule has 2 N–H and O–H groups in total. The summed E-state index contributed by atoms with van der Waals surface area (Å²) in [5, 5.41) is 13.0. The number of rotatable bonds is 6. The van der Waals surface area contributed by atoms with Gasteiger partial charge in [0.05, 0.1) is 16.2 Å². The van der Waals surface area contributed by atoms with Gasteiger partial charge in [0, 0.05) is 6.54 Å². The summed E-state index contributed by atoms with van der Waals surface area (Å²) >= 11 is 3.02. The highest BCUT2D eigenvalue weighted by Crippen LogP contribution is 2.36. The third-order valence-corrected chi connectivity index (χ3v) is 6.06. The van der Waals surface area contributed by atoms with Crippen LogP contribution in [-0.4, -0.2) is 20.2 Å². The summed E-state index contributed by atoms with van der Waals surface area (Å²) in [5.74, 6) is 0.637. The normalized spacial score (nSPS) is 12.2. The molecule has 0 aliphatic heterocycles. The second kappa shape index (κ2) is 7.89. The lowest BCUT2D eigenvalue weighted by molar-refractivity contribution is 0.916. The van der Waals surface area contributed by atoms with Gasteiger partial charge in [-0.25, -0.2) is 4.98 Å². The lowest BCUT2D eigenvalue weighted by atomic mass is 10.2. The number of anilines is 1. The molecule has 0 radical (unpaired) electrons. The topological polar surface area (TPSA) is 83.6 Å². The quantitative estimate of drug-likeness (QED) is 0.475. The highest BCUT2D eigenvalue weighted by Gasteiger charge is 2.15. The van der Waals surface area contributed by atoms with Crippen LogP contribution in [0, 0.1) is 0 Å². The van der Waals surface area contributed by atoms with Crippen molar-refractivity contribution in [2.45, 2.75) is 23.1 Å². The standard InChI is InChI=1S/C19H17N5OS2/c1-12(16-21-15-10-6-5-9-14(15)17(25)22-16)26-19-24-23-18(27-19)20-11-13-7-3-2-4-8-13/h2-10,12H,11H2,1H3,(H,20,23)(H,21,22,25)/t12-/m1/s1. The molecule has 2 aromatic carbocycles. The van der Waals surface area contributed by atoms with Crippen LogP contribution in [0.15, 0.2) is 63.7 Å². The summed E-state index contributed by atoms with van der Waals surface area (Å²) in [7, 11) is 0. The summed E-state index contributed by atoms with van der Waals surface area (Å²) in [4.78, 5) is 19.7. The zero-order valence-corrected chi connectivity index (χ0v) is 16.2. The van der Waals surface area contributed by atoms with Gasteiger partial charge in [0.25, 0.3) is 5.56 Å². The van der Waals surface area contributed by atoms with Crippen molar-refractivity contribution in [3.63, 3.8) is 0 Å². The molecule has 136 valence electrons. The fraction of sp³-hybridized carbons (Fsp3) is 0.158. The lowest BCUT2D eigenvalue weighted by Gasteiger charge is -2.08. The van der Waals surface area contributed by atoms with Gasteiger partial charge in [-0.05, 0) is 24.6 Å². The fourth-order valence-corrected chi connectivity index (χ4v) is 4.56. The van der Waals surface area contributed by atoms with Crippen LogP contribution in [0.1, 0.15) is 23.6 Å². The maximum absolute atomic E-state index is 12.2. The molecule has 0 amide bonds. The molecule has 2 heterocycles. The van der Waals surface area contributed by atoms with Crippen molar-refractivity contribution < 1.29 is 0 Å². The maximum atomic E-state index is 12.2. The van der Waals surface area contributed by atoms with E-state index in [-0.39, 0.29) is 10.8 Å². The number of nitrogens with one attached hydrogen (secondary N) is 2. The number of hydrogen-bond acceptors (Lipinski definition) is 7. The summed E-state index contributed by atoms with van der Waals surface area (Å²) in [5.41, 5.74) is 1.77. The number of benzene rings is 2. The van der Waals surface area contributed by atoms with E-state index in [1.165, 1.54) is 28.7 Å². The van der Waals surface area contributed by atoms with Crippen molar-refractivity contribution in [1.82, 2.24) is 20.2 Å². The summed E-state index contributed by atoms with van der Waals surface area (Å²) in [6.45, 7) is 2.70. The van der Waals surface area contributed by atoms with E-state index in [1.807, 2.05) is 43.3 Å². The van der Waals surface area contributed by atoms with E-state index in [9.17, 15) is 4.79 Å². The van der Waals surface area contributed by atoms with Crippen molar-refractivity contribution in [3.8, 4) is 0 Å². The first kappa shape index (κ1) is 17.7. The third kappa shape index (κ3) is 4.17. The molecule has 2 aromatic heterocycles. The molecular weight excluding hydrogens is 378 g/mol. The number of hydrogen-bond donors (Lipinski definition) is 2. The number of nitrogens with zero attached hydrogens (tertiary/aromatic N) is 3. The maximum Gasteiger partial charge on any atom is 0.258 e. The van der Waals surface area contributed by atoms with Gasteiger partial charge in [-0.2, -0.15) is 0 Å². The van der Waals surface area contributed by atoms with Gasteiger partial charge < -0.3 is 10.3 Å². The van der Waals surface area contributed by atoms with E-state index in [2.05, 4.69) is 37.6 Å². The summed E-state index contributed by atoms with van der Waals surface area (Å²) in [6.07, 6.45) is 0. The van der Waals surface area contributed by atoms with Crippen molar-refractivity contribution in [2.75, 3.05) is 5.32 Å². The van der Waals surface area contributed by atoms with Crippen LogP contribution >= 0.6 is 23.1 Å². The molecule has 27 heavy (non-hydrogen) atoms. The van der Waals surface area contributed by atoms with Crippen molar-refractivity contribution in [1.29, 1.82) is 0 Å². The highest BCUT2D eigenvalue weighted by atomic mass is 32.2. The van der Waals surface area contributed by atoms with Crippen molar-refractivity contribution in [3.05, 3.63) is 76.3 Å². The molecule has 4 rings (SSSR count). The predicted octanol–water partition coefficient (Wildman–Crippen LogP) is 4.24. The molecule has 0 spiro atoms. The van der Waals surface area contributed by atoms with Gasteiger partial charge in [-0.1, -0.05) is 65.6 Å². The van der Waals surface area contributed by atoms with E-state index in [1.54, 1.807) is 6.07 Å². The van der Waals surface area contributed by atoms with Crippen LogP contribution < -0.4 is 10.9 Å². The Kier molecular flexibility index (Phi) is 5.17. The van der Waals surface area contributed by atoms with Gasteiger partial charge >= 0.3 is 0 Å². The van der Waals surface area contributed by atoms with E-state index in [4.69, 9.17) is 0 Å². The summed E-state index contributed by atoms with van der Waals surface area (Å²) < 4.78 is 0.828. The Hall–Kier alpha value is -2.71. The van der Waals surface area contributed by atoms with E-state index in [0.29, 0.717) is 23.3 Å². The predicted molar refractivity (Wildman–Crippen MR) is 110 cm³/mol. The lowest BCUT2D eigenvalue weighted by Crippen LogP contribution is -2.12. The first-order valence-electron chi connectivity index (χ1n) is 8.46. The average molecular weight is 396 g/mol. The Morgan fingerprint density at radius 3 is 2.74 bits per heavy atom. The van der Waals surface area contributed by atoms with Crippen LogP contribution in [0.3, 0.4) is 0 Å². The fourth-order valence-electron chi connectivity index (χ4n) is 2.61. The molecule has 1 atom stereocenters. The molecule has 0 fully saturated rings. The van der Waals surface area contributed by atoms with Crippen molar-refractivity contribution in [2.24, 2.45) is 0 Å². The Morgan fingerprint density at radius 2 is 1.89 bits per heavy atom. The molecule has 0 aliphatic rings. The average Bonchev–Trinajstić information content (AvgIpc) is 3.14. The number of aromatic amines is 1. The minimum absolute atomic E-state index is 0.0442. The van der Waals surface area contributed by atoms with Crippen LogP contribution in [0.5, 0.6) is 0 Å². The minimum Gasteiger partial charge on any atom is -0.356 e. The zero-order valence-electron chi connectivity index (χ0n) is 14.5. The molecule has 0 aliphatic carbocycles. The SMILES string of the molecule is C[C@@H](Sc1nnc(NCc2ccccc2)s1)c1nc2ccccc2c(=O)[nH]1. The number of H-pyrrole nitrogens is 1. The third-order valence-electron chi connectivity index (χ3n) is 3.99. The van der Waals surface area contributed by atoms with Crippen LogP contribution in [-0.2, 0) is 6.54 Å². The molecule has 0 unspecified atom stereocenters. The second-order valence-corrected chi connectivity index (χ2v) is 8.51. The Labute approximate surface area is 164 Å². The highest BCUT2D eigenvalue weighted by molar-refractivity contribution is 8.01. The smallest absolute Gasteiger partial charge is 0.258 e.